The van der Waals surface area contributed by atoms with E-state index in [0.29, 0.717) is 0 Å². The zero-order valence-electron chi connectivity index (χ0n) is 8.79. The zero-order chi connectivity index (χ0) is 11.2. The van der Waals surface area contributed by atoms with E-state index in [1.165, 1.54) is 0 Å². The van der Waals surface area contributed by atoms with Gasteiger partial charge in [0, 0.05) is 16.2 Å². The van der Waals surface area contributed by atoms with Gasteiger partial charge in [-0.25, -0.2) is 0 Å². The summed E-state index contributed by atoms with van der Waals surface area (Å²) in [6.45, 7) is 0. The summed E-state index contributed by atoms with van der Waals surface area (Å²) in [6, 6.07) is 9.98. The van der Waals surface area contributed by atoms with Gasteiger partial charge in [-0.1, -0.05) is 17.3 Å². The van der Waals surface area contributed by atoms with Crippen LogP contribution in [-0.4, -0.2) is 15.4 Å². The zero-order valence-corrected chi connectivity index (χ0v) is 8.79. The van der Waals surface area contributed by atoms with Crippen LogP contribution >= 0.6 is 0 Å². The quantitative estimate of drug-likeness (QED) is 0.428. The van der Waals surface area contributed by atoms with Crippen LogP contribution in [0.15, 0.2) is 47.2 Å². The molecule has 0 N–H and O–H groups in total. The van der Waals surface area contributed by atoms with Crippen LogP contribution in [0.5, 0.6) is 0 Å². The van der Waals surface area contributed by atoms with Crippen LogP contribution in [0.3, 0.4) is 0 Å². The summed E-state index contributed by atoms with van der Waals surface area (Å²) < 4.78 is 5.36. The van der Waals surface area contributed by atoms with Crippen LogP contribution in [0.25, 0.3) is 32.6 Å². The van der Waals surface area contributed by atoms with Gasteiger partial charge in [-0.05, 0) is 23.6 Å². The minimum atomic E-state index is 0.799. The Morgan fingerprint density at radius 3 is 2.82 bits per heavy atom. The van der Waals surface area contributed by atoms with Crippen molar-refractivity contribution in [1.29, 1.82) is 0 Å². The van der Waals surface area contributed by atoms with Crippen LogP contribution in [0.2, 0.25) is 0 Å². The Kier molecular flexibility index (Phi) is 1.53. The third kappa shape index (κ3) is 1.09. The van der Waals surface area contributed by atoms with Crippen LogP contribution in [-0.2, 0) is 0 Å². The molecule has 4 aromatic rings. The fourth-order valence-electron chi connectivity index (χ4n) is 2.21. The summed E-state index contributed by atoms with van der Waals surface area (Å²) in [5, 5.41) is 16.0. The van der Waals surface area contributed by atoms with E-state index in [9.17, 15) is 0 Å². The van der Waals surface area contributed by atoms with E-state index in [1.54, 1.807) is 12.4 Å². The Hall–Kier alpha value is -2.49. The fraction of sp³-hybridized carbons (Fsp3) is 0. The van der Waals surface area contributed by atoms with Gasteiger partial charge in [0.15, 0.2) is 5.58 Å². The number of fused-ring (bicyclic) bond motifs is 5. The van der Waals surface area contributed by atoms with Crippen molar-refractivity contribution in [2.24, 2.45) is 0 Å². The highest BCUT2D eigenvalue weighted by molar-refractivity contribution is 6.14. The van der Waals surface area contributed by atoms with Gasteiger partial charge in [-0.2, -0.15) is 10.2 Å². The lowest BCUT2D eigenvalue weighted by Gasteiger charge is -2.01. The van der Waals surface area contributed by atoms with Gasteiger partial charge in [-0.15, -0.1) is 0 Å². The Balaban J connectivity index is 2.34. The number of nitrogens with zero attached hydrogens (tertiary/aromatic N) is 3. The molecule has 4 nitrogen and oxygen atoms in total. The molecule has 0 spiro atoms. The van der Waals surface area contributed by atoms with E-state index in [0.717, 1.165) is 32.6 Å². The molecular weight excluding hydrogens is 214 g/mol. The molecular formula is C13H7N3O. The second-order valence-electron chi connectivity index (χ2n) is 3.93. The second kappa shape index (κ2) is 3.01. The molecule has 0 aliphatic carbocycles. The van der Waals surface area contributed by atoms with E-state index in [1.807, 2.05) is 24.3 Å². The van der Waals surface area contributed by atoms with Crippen molar-refractivity contribution in [2.75, 3.05) is 0 Å². The Bertz CT molecular complexity index is 851. The van der Waals surface area contributed by atoms with Crippen molar-refractivity contribution in [3.63, 3.8) is 0 Å². The predicted molar refractivity (Wildman–Crippen MR) is 64.6 cm³/mol. The molecule has 0 unspecified atom stereocenters. The Labute approximate surface area is 95.8 Å². The summed E-state index contributed by atoms with van der Waals surface area (Å²) in [6.07, 6.45) is 3.43. The van der Waals surface area contributed by atoms with Crippen LogP contribution < -0.4 is 0 Å². The predicted octanol–water partition coefficient (Wildman–Crippen LogP) is 2.92. The van der Waals surface area contributed by atoms with Crippen molar-refractivity contribution in [3.8, 4) is 0 Å². The Morgan fingerprint density at radius 2 is 1.82 bits per heavy atom. The van der Waals surface area contributed by atoms with Gasteiger partial charge in [0.25, 0.3) is 0 Å². The molecule has 0 saturated carbocycles. The topological polar surface area (TPSA) is 51.8 Å². The molecule has 0 bridgehead atoms. The number of hydrogen-bond acceptors (Lipinski definition) is 4. The van der Waals surface area contributed by atoms with Crippen molar-refractivity contribution in [1.82, 2.24) is 15.4 Å². The smallest absolute Gasteiger partial charge is 0.173 e. The minimum Gasteiger partial charge on any atom is -0.356 e. The lowest BCUT2D eigenvalue weighted by molar-refractivity contribution is 0.444. The van der Waals surface area contributed by atoms with E-state index >= 15 is 0 Å². The Morgan fingerprint density at radius 1 is 0.882 bits per heavy atom. The third-order valence-corrected chi connectivity index (χ3v) is 3.01. The van der Waals surface area contributed by atoms with E-state index < -0.39 is 0 Å². The van der Waals surface area contributed by atoms with Crippen LogP contribution in [0, 0.1) is 0 Å². The molecule has 0 fully saturated rings. The highest BCUT2D eigenvalue weighted by atomic mass is 16.5. The maximum absolute atomic E-state index is 5.36. The number of aromatic nitrogens is 3. The molecule has 4 heteroatoms. The van der Waals surface area contributed by atoms with Crippen LogP contribution in [0.1, 0.15) is 0 Å². The maximum atomic E-state index is 5.36. The molecule has 0 radical (unpaired) electrons. The standard InChI is InChI=1S/C13H7N3O/c1-2-9-10(13-8(1)5-6-15-17-13)3-4-12-11(9)7-14-16-12/h1-7H. The molecule has 17 heavy (non-hydrogen) atoms. The van der Waals surface area contributed by atoms with Crippen molar-refractivity contribution in [3.05, 3.63) is 42.7 Å². The molecule has 2 aromatic heterocycles. The molecule has 0 aliphatic rings. The highest BCUT2D eigenvalue weighted by Gasteiger charge is 2.07. The second-order valence-corrected chi connectivity index (χ2v) is 3.93. The average Bonchev–Trinajstić information content (AvgIpc) is 2.86. The third-order valence-electron chi connectivity index (χ3n) is 3.01. The van der Waals surface area contributed by atoms with Crippen molar-refractivity contribution < 1.29 is 4.52 Å². The fourth-order valence-corrected chi connectivity index (χ4v) is 2.21. The first-order chi connectivity index (χ1) is 8.43. The summed E-state index contributed by atoms with van der Waals surface area (Å²) in [7, 11) is 0. The number of benzene rings is 2. The van der Waals surface area contributed by atoms with Gasteiger partial charge in [-0.3, -0.25) is 0 Å². The van der Waals surface area contributed by atoms with Gasteiger partial charge in [0.05, 0.1) is 17.9 Å². The molecule has 0 atom stereocenters. The van der Waals surface area contributed by atoms with Gasteiger partial charge in [0.2, 0.25) is 0 Å². The number of rotatable bonds is 0. The average molecular weight is 221 g/mol. The lowest BCUT2D eigenvalue weighted by Crippen LogP contribution is -1.80. The normalized spacial score (nSPS) is 11.5. The van der Waals surface area contributed by atoms with Gasteiger partial charge < -0.3 is 4.52 Å². The molecule has 0 amide bonds. The SMILES string of the molecule is c1cc2ccc3c4cnnc4ccc3c2on1. The summed E-state index contributed by atoms with van der Waals surface area (Å²) in [4.78, 5) is 0. The first kappa shape index (κ1) is 8.64. The maximum Gasteiger partial charge on any atom is 0.173 e. The van der Waals surface area contributed by atoms with Crippen molar-refractivity contribution >= 4 is 32.6 Å². The first-order valence-corrected chi connectivity index (χ1v) is 5.31. The molecule has 0 aliphatic heterocycles. The minimum absolute atomic E-state index is 0.799. The first-order valence-electron chi connectivity index (χ1n) is 5.31. The number of hydrogen-bond donors (Lipinski definition) is 0. The summed E-state index contributed by atoms with van der Waals surface area (Å²) in [5.74, 6) is 0. The van der Waals surface area contributed by atoms with Crippen LogP contribution in [0.4, 0.5) is 0 Å². The largest absolute Gasteiger partial charge is 0.356 e. The highest BCUT2D eigenvalue weighted by Crippen LogP contribution is 2.29. The van der Waals surface area contributed by atoms with Crippen molar-refractivity contribution in [2.45, 2.75) is 0 Å². The summed E-state index contributed by atoms with van der Waals surface area (Å²) in [5.41, 5.74) is 1.70. The molecule has 2 heterocycles. The van der Waals surface area contributed by atoms with Gasteiger partial charge in [0.1, 0.15) is 0 Å². The van der Waals surface area contributed by atoms with E-state index in [-0.39, 0.29) is 0 Å². The van der Waals surface area contributed by atoms with Gasteiger partial charge >= 0.3 is 0 Å². The monoisotopic (exact) mass is 221 g/mol. The van der Waals surface area contributed by atoms with E-state index in [2.05, 4.69) is 21.4 Å². The molecule has 0 saturated heterocycles. The molecule has 4 rings (SSSR count). The molecule has 2 aromatic carbocycles. The molecule has 80 valence electrons. The van der Waals surface area contributed by atoms with E-state index in [4.69, 9.17) is 4.52 Å². The lowest BCUT2D eigenvalue weighted by atomic mass is 10.0. The summed E-state index contributed by atoms with van der Waals surface area (Å²) >= 11 is 0.